The van der Waals surface area contributed by atoms with Gasteiger partial charge in [0.15, 0.2) is 5.96 Å². The lowest BCUT2D eigenvalue weighted by molar-refractivity contribution is 0.0205. The maximum Gasteiger partial charge on any atom is 0.191 e. The topological polar surface area (TPSA) is 58.1 Å². The molecule has 2 atom stereocenters. The number of piperidine rings is 1. The Hall–Kier alpha value is -0.850. The number of aliphatic imine (C=N–C) groups is 1. The van der Waals surface area contributed by atoms with Crippen LogP contribution in [-0.2, 0) is 9.47 Å². The Morgan fingerprint density at radius 1 is 1.15 bits per heavy atom. The van der Waals surface area contributed by atoms with Crippen LogP contribution in [0.5, 0.6) is 0 Å². The van der Waals surface area contributed by atoms with Gasteiger partial charge in [-0.05, 0) is 50.4 Å². The number of guanidine groups is 1. The molecular formula is C21H42N4O2. The lowest BCUT2D eigenvalue weighted by atomic mass is 9.92. The Kier molecular flexibility index (Phi) is 11.1. The van der Waals surface area contributed by atoms with Gasteiger partial charge in [0.25, 0.3) is 0 Å². The smallest absolute Gasteiger partial charge is 0.191 e. The van der Waals surface area contributed by atoms with Crippen LogP contribution in [0.25, 0.3) is 0 Å². The Morgan fingerprint density at radius 3 is 2.59 bits per heavy atom. The van der Waals surface area contributed by atoms with Crippen LogP contribution in [0.15, 0.2) is 4.99 Å². The van der Waals surface area contributed by atoms with Gasteiger partial charge < -0.3 is 25.0 Å². The van der Waals surface area contributed by atoms with Crippen molar-refractivity contribution >= 4 is 5.96 Å². The van der Waals surface area contributed by atoms with Crippen molar-refractivity contribution in [2.45, 2.75) is 46.5 Å². The predicted octanol–water partition coefficient (Wildman–Crippen LogP) is 2.35. The third-order valence-corrected chi connectivity index (χ3v) is 5.42. The number of nitrogens with zero attached hydrogens (tertiary/aromatic N) is 2. The number of ether oxygens (including phenoxy) is 2. The van der Waals surface area contributed by atoms with Crippen LogP contribution in [0.1, 0.15) is 46.5 Å². The summed E-state index contributed by atoms with van der Waals surface area (Å²) in [5, 5.41) is 6.83. The van der Waals surface area contributed by atoms with Crippen molar-refractivity contribution < 1.29 is 9.47 Å². The van der Waals surface area contributed by atoms with E-state index in [9.17, 15) is 0 Å². The van der Waals surface area contributed by atoms with Gasteiger partial charge in [0.2, 0.25) is 0 Å². The van der Waals surface area contributed by atoms with Gasteiger partial charge in [0, 0.05) is 65.7 Å². The average molecular weight is 383 g/mol. The first-order chi connectivity index (χ1) is 13.2. The van der Waals surface area contributed by atoms with E-state index in [4.69, 9.17) is 9.47 Å². The minimum Gasteiger partial charge on any atom is -0.381 e. The highest BCUT2D eigenvalue weighted by Crippen LogP contribution is 2.20. The van der Waals surface area contributed by atoms with E-state index in [-0.39, 0.29) is 0 Å². The molecule has 2 heterocycles. The lowest BCUT2D eigenvalue weighted by Crippen LogP contribution is -2.45. The first-order valence-electron chi connectivity index (χ1n) is 11.1. The van der Waals surface area contributed by atoms with Crippen molar-refractivity contribution in [2.24, 2.45) is 22.7 Å². The van der Waals surface area contributed by atoms with Gasteiger partial charge >= 0.3 is 0 Å². The summed E-state index contributed by atoms with van der Waals surface area (Å²) < 4.78 is 11.2. The standard InChI is InChI=1S/C21H42N4O2/c1-4-22-21(24-9-10-25-15-18(2)14-19(3)16-25)23-8-5-11-27-17-20-6-12-26-13-7-20/h18-20H,4-17H2,1-3H3,(H2,22,23,24). The van der Waals surface area contributed by atoms with Gasteiger partial charge in [0.05, 0.1) is 0 Å². The molecule has 0 radical (unpaired) electrons. The van der Waals surface area contributed by atoms with E-state index in [1.807, 2.05) is 0 Å². The van der Waals surface area contributed by atoms with Gasteiger partial charge in [-0.2, -0.15) is 0 Å². The monoisotopic (exact) mass is 382 g/mol. The molecule has 2 aliphatic rings. The number of hydrogen-bond donors (Lipinski definition) is 2. The highest BCUT2D eigenvalue weighted by molar-refractivity contribution is 5.79. The molecule has 0 bridgehead atoms. The van der Waals surface area contributed by atoms with E-state index in [2.05, 4.69) is 41.3 Å². The third-order valence-electron chi connectivity index (χ3n) is 5.42. The number of hydrogen-bond acceptors (Lipinski definition) is 4. The summed E-state index contributed by atoms with van der Waals surface area (Å²) in [5.41, 5.74) is 0. The zero-order chi connectivity index (χ0) is 19.3. The number of likely N-dealkylation sites (tertiary alicyclic amines) is 1. The lowest BCUT2D eigenvalue weighted by Gasteiger charge is -2.35. The average Bonchev–Trinajstić information content (AvgIpc) is 2.64. The minimum atomic E-state index is 0.682. The van der Waals surface area contributed by atoms with Crippen LogP contribution in [0.4, 0.5) is 0 Å². The Labute approximate surface area is 166 Å². The molecule has 0 aromatic heterocycles. The molecule has 2 aliphatic heterocycles. The first-order valence-corrected chi connectivity index (χ1v) is 11.1. The van der Waals surface area contributed by atoms with Crippen LogP contribution in [0.2, 0.25) is 0 Å². The van der Waals surface area contributed by atoms with Gasteiger partial charge in [-0.3, -0.25) is 4.99 Å². The van der Waals surface area contributed by atoms with Gasteiger partial charge in [-0.25, -0.2) is 0 Å². The molecule has 0 aromatic rings. The summed E-state index contributed by atoms with van der Waals surface area (Å²) in [5.74, 6) is 3.25. The molecule has 2 unspecified atom stereocenters. The van der Waals surface area contributed by atoms with Crippen LogP contribution in [0, 0.1) is 17.8 Å². The van der Waals surface area contributed by atoms with Crippen molar-refractivity contribution in [2.75, 3.05) is 65.7 Å². The summed E-state index contributed by atoms with van der Waals surface area (Å²) in [6.45, 7) is 16.5. The van der Waals surface area contributed by atoms with Gasteiger partial charge in [-0.15, -0.1) is 0 Å². The van der Waals surface area contributed by atoms with E-state index >= 15 is 0 Å². The quantitative estimate of drug-likeness (QED) is 0.345. The summed E-state index contributed by atoms with van der Waals surface area (Å²) >= 11 is 0. The van der Waals surface area contributed by atoms with E-state index in [1.54, 1.807) is 0 Å². The second kappa shape index (κ2) is 13.3. The fraction of sp³-hybridized carbons (Fsp3) is 0.952. The molecule has 6 heteroatoms. The highest BCUT2D eigenvalue weighted by atomic mass is 16.5. The van der Waals surface area contributed by atoms with E-state index < -0.39 is 0 Å². The Balaban J connectivity index is 1.56. The fourth-order valence-electron chi connectivity index (χ4n) is 4.17. The second-order valence-corrected chi connectivity index (χ2v) is 8.38. The highest BCUT2D eigenvalue weighted by Gasteiger charge is 2.21. The van der Waals surface area contributed by atoms with Crippen LogP contribution in [0.3, 0.4) is 0 Å². The first kappa shape index (κ1) is 22.4. The fourth-order valence-corrected chi connectivity index (χ4v) is 4.17. The molecule has 6 nitrogen and oxygen atoms in total. The summed E-state index contributed by atoms with van der Waals surface area (Å²) in [7, 11) is 0. The molecule has 2 fully saturated rings. The van der Waals surface area contributed by atoms with Crippen molar-refractivity contribution in [3.05, 3.63) is 0 Å². The normalized spacial score (nSPS) is 25.5. The van der Waals surface area contributed by atoms with Crippen LogP contribution >= 0.6 is 0 Å². The van der Waals surface area contributed by atoms with Crippen molar-refractivity contribution in [1.82, 2.24) is 15.5 Å². The van der Waals surface area contributed by atoms with E-state index in [1.165, 1.54) is 19.5 Å². The maximum absolute atomic E-state index is 5.82. The molecule has 2 saturated heterocycles. The molecule has 158 valence electrons. The molecule has 0 amide bonds. The van der Waals surface area contributed by atoms with Crippen LogP contribution in [-0.4, -0.2) is 76.6 Å². The predicted molar refractivity (Wildman–Crippen MR) is 112 cm³/mol. The van der Waals surface area contributed by atoms with Crippen molar-refractivity contribution in [3.8, 4) is 0 Å². The molecule has 2 rings (SSSR count). The molecule has 0 spiro atoms. The molecular weight excluding hydrogens is 340 g/mol. The number of rotatable bonds is 10. The molecule has 0 aromatic carbocycles. The Bertz CT molecular complexity index is 403. The summed E-state index contributed by atoms with van der Waals surface area (Å²) in [4.78, 5) is 7.27. The van der Waals surface area contributed by atoms with E-state index in [0.717, 1.165) is 89.7 Å². The van der Waals surface area contributed by atoms with Crippen LogP contribution < -0.4 is 10.6 Å². The SMILES string of the molecule is CCNC(=NCCCOCC1CCOCC1)NCCN1CC(C)CC(C)C1. The minimum absolute atomic E-state index is 0.682. The zero-order valence-corrected chi connectivity index (χ0v) is 17.8. The Morgan fingerprint density at radius 2 is 1.89 bits per heavy atom. The van der Waals surface area contributed by atoms with Gasteiger partial charge in [0.1, 0.15) is 0 Å². The number of nitrogens with one attached hydrogen (secondary N) is 2. The third kappa shape index (κ3) is 9.77. The van der Waals surface area contributed by atoms with Crippen molar-refractivity contribution in [1.29, 1.82) is 0 Å². The molecule has 2 N–H and O–H groups in total. The zero-order valence-electron chi connectivity index (χ0n) is 17.8. The molecule has 0 saturated carbocycles. The van der Waals surface area contributed by atoms with E-state index in [0.29, 0.717) is 5.92 Å². The summed E-state index contributed by atoms with van der Waals surface area (Å²) in [6, 6.07) is 0. The van der Waals surface area contributed by atoms with Gasteiger partial charge in [-0.1, -0.05) is 13.8 Å². The molecule has 0 aliphatic carbocycles. The second-order valence-electron chi connectivity index (χ2n) is 8.38. The van der Waals surface area contributed by atoms with Crippen molar-refractivity contribution in [3.63, 3.8) is 0 Å². The summed E-state index contributed by atoms with van der Waals surface area (Å²) in [6.07, 6.45) is 4.62. The maximum atomic E-state index is 5.82. The molecule has 27 heavy (non-hydrogen) atoms. The largest absolute Gasteiger partial charge is 0.381 e.